The molecule has 3 aromatic heterocycles. The van der Waals surface area contributed by atoms with Crippen LogP contribution in [0.2, 0.25) is 0 Å². The van der Waals surface area contributed by atoms with E-state index in [0.717, 1.165) is 16.6 Å². The van der Waals surface area contributed by atoms with Crippen molar-refractivity contribution >= 4 is 17.4 Å². The van der Waals surface area contributed by atoms with Gasteiger partial charge in [0, 0.05) is 37.5 Å². The molecular formula is C21H16F2N5NaO2. The predicted molar refractivity (Wildman–Crippen MR) is 105 cm³/mol. The molecule has 31 heavy (non-hydrogen) atoms. The van der Waals surface area contributed by atoms with Crippen LogP contribution in [0.15, 0.2) is 42.6 Å². The van der Waals surface area contributed by atoms with Crippen LogP contribution in [0.1, 0.15) is 16.2 Å². The smallest absolute Gasteiger partial charge is 0.543 e. The molecule has 0 aliphatic carbocycles. The number of hydrogen-bond donors (Lipinski definition) is 0. The van der Waals surface area contributed by atoms with Crippen LogP contribution in [0.25, 0.3) is 28.0 Å². The first-order chi connectivity index (χ1) is 14.3. The molecule has 0 unspecified atom stereocenters. The van der Waals surface area contributed by atoms with Crippen molar-refractivity contribution in [2.45, 2.75) is 6.92 Å². The standard InChI is InChI=1S/C21H17F2N5O2.Na/c1-11-19(14-6-5-13(22)8-15(14)23)20-25-16(9-17(21(29)30)28(20)26-11)12-4-7-18(24-10-12)27(2)3;/h4-10H,1-3H3,(H,29,30);/q;+1/p-1. The van der Waals surface area contributed by atoms with Gasteiger partial charge in [0.1, 0.15) is 17.5 Å². The van der Waals surface area contributed by atoms with E-state index >= 15 is 0 Å². The number of carboxylic acids is 1. The predicted octanol–water partition coefficient (Wildman–Crippen LogP) is -0.522. The Kier molecular flexibility index (Phi) is 6.40. The number of rotatable bonds is 4. The van der Waals surface area contributed by atoms with Gasteiger partial charge in [0.2, 0.25) is 0 Å². The minimum atomic E-state index is -1.46. The van der Waals surface area contributed by atoms with Gasteiger partial charge in [-0.3, -0.25) is 0 Å². The van der Waals surface area contributed by atoms with Crippen LogP contribution in [-0.2, 0) is 0 Å². The number of aromatic carboxylic acids is 1. The maximum atomic E-state index is 14.5. The van der Waals surface area contributed by atoms with Crippen LogP contribution in [0.5, 0.6) is 0 Å². The number of hydrogen-bond acceptors (Lipinski definition) is 6. The summed E-state index contributed by atoms with van der Waals surface area (Å²) in [5.74, 6) is -2.27. The van der Waals surface area contributed by atoms with Crippen molar-refractivity contribution in [1.82, 2.24) is 19.6 Å². The molecule has 4 rings (SSSR count). The van der Waals surface area contributed by atoms with E-state index in [1.807, 2.05) is 19.0 Å². The molecule has 0 N–H and O–H groups in total. The molecule has 7 nitrogen and oxygen atoms in total. The fourth-order valence-corrected chi connectivity index (χ4v) is 3.23. The van der Waals surface area contributed by atoms with Gasteiger partial charge in [-0.25, -0.2) is 23.3 Å². The maximum Gasteiger partial charge on any atom is 1.00 e. The number of halogens is 2. The van der Waals surface area contributed by atoms with Crippen molar-refractivity contribution in [1.29, 1.82) is 0 Å². The molecule has 0 amide bonds. The third-order valence-electron chi connectivity index (χ3n) is 4.68. The van der Waals surface area contributed by atoms with Gasteiger partial charge in [-0.2, -0.15) is 5.10 Å². The number of anilines is 1. The Morgan fingerprint density at radius 3 is 2.45 bits per heavy atom. The maximum absolute atomic E-state index is 14.5. The summed E-state index contributed by atoms with van der Waals surface area (Å²) in [6.45, 7) is 1.60. The third-order valence-corrected chi connectivity index (χ3v) is 4.68. The van der Waals surface area contributed by atoms with Gasteiger partial charge in [0.15, 0.2) is 5.65 Å². The molecule has 0 spiro atoms. The van der Waals surface area contributed by atoms with E-state index in [-0.39, 0.29) is 52.0 Å². The van der Waals surface area contributed by atoms with Gasteiger partial charge in [0.05, 0.1) is 28.6 Å². The molecule has 10 heteroatoms. The minimum absolute atomic E-state index is 0. The summed E-state index contributed by atoms with van der Waals surface area (Å²) >= 11 is 0. The number of carbonyl (C=O) groups is 1. The molecule has 0 bridgehead atoms. The molecule has 0 saturated carbocycles. The molecule has 0 radical (unpaired) electrons. The SMILES string of the molecule is Cc1nn2c(C(=O)[O-])cc(-c3ccc(N(C)C)nc3)nc2c1-c1ccc(F)cc1F.[Na+]. The zero-order chi connectivity index (χ0) is 21.6. The van der Waals surface area contributed by atoms with Crippen LogP contribution < -0.4 is 39.6 Å². The van der Waals surface area contributed by atoms with Crippen molar-refractivity contribution in [3.63, 3.8) is 0 Å². The molecule has 0 aliphatic heterocycles. The normalized spacial score (nSPS) is 10.7. The first kappa shape index (κ1) is 22.8. The van der Waals surface area contributed by atoms with Gasteiger partial charge in [0.25, 0.3) is 0 Å². The van der Waals surface area contributed by atoms with E-state index in [1.54, 1.807) is 25.3 Å². The van der Waals surface area contributed by atoms with Crippen LogP contribution in [-0.4, -0.2) is 39.6 Å². The summed E-state index contributed by atoms with van der Waals surface area (Å²) < 4.78 is 28.9. The van der Waals surface area contributed by atoms with Crippen LogP contribution in [0.3, 0.4) is 0 Å². The second-order valence-corrected chi connectivity index (χ2v) is 6.93. The summed E-state index contributed by atoms with van der Waals surface area (Å²) in [5, 5.41) is 16.0. The topological polar surface area (TPSA) is 86.5 Å². The molecule has 1 aromatic carbocycles. The Morgan fingerprint density at radius 2 is 1.87 bits per heavy atom. The first-order valence-electron chi connectivity index (χ1n) is 8.97. The zero-order valence-electron chi connectivity index (χ0n) is 17.3. The summed E-state index contributed by atoms with van der Waals surface area (Å²) in [7, 11) is 3.69. The van der Waals surface area contributed by atoms with Crippen molar-refractivity contribution in [3.8, 4) is 22.4 Å². The summed E-state index contributed by atoms with van der Waals surface area (Å²) in [6, 6.07) is 7.99. The number of fused-ring (bicyclic) bond motifs is 1. The number of aromatic nitrogens is 4. The van der Waals surface area contributed by atoms with Crippen LogP contribution in [0.4, 0.5) is 14.6 Å². The zero-order valence-corrected chi connectivity index (χ0v) is 19.3. The second-order valence-electron chi connectivity index (χ2n) is 6.93. The molecule has 152 valence electrons. The molecule has 0 atom stereocenters. The van der Waals surface area contributed by atoms with E-state index in [4.69, 9.17) is 0 Å². The van der Waals surface area contributed by atoms with Gasteiger partial charge in [-0.15, -0.1) is 0 Å². The molecule has 3 heterocycles. The Balaban J connectivity index is 0.00000272. The summed E-state index contributed by atoms with van der Waals surface area (Å²) in [6.07, 6.45) is 1.56. The van der Waals surface area contributed by atoms with Crippen molar-refractivity contribution in [3.05, 3.63) is 65.6 Å². The van der Waals surface area contributed by atoms with E-state index in [1.165, 1.54) is 12.1 Å². The Hall–Kier alpha value is -2.88. The number of carboxylic acid groups (broad SMARTS) is 1. The monoisotopic (exact) mass is 431 g/mol. The quantitative estimate of drug-likeness (QED) is 0.404. The third kappa shape index (κ3) is 4.16. The fraction of sp³-hybridized carbons (Fsp3) is 0.143. The molecular weight excluding hydrogens is 415 g/mol. The Bertz CT molecular complexity index is 1290. The molecule has 0 saturated heterocycles. The van der Waals surface area contributed by atoms with Crippen molar-refractivity contribution in [2.24, 2.45) is 0 Å². The average molecular weight is 431 g/mol. The van der Waals surface area contributed by atoms with Gasteiger partial charge in [-0.1, -0.05) is 0 Å². The van der Waals surface area contributed by atoms with E-state index in [0.29, 0.717) is 22.8 Å². The second kappa shape index (κ2) is 8.70. The fourth-order valence-electron chi connectivity index (χ4n) is 3.23. The number of carbonyl (C=O) groups excluding carboxylic acids is 1. The Morgan fingerprint density at radius 1 is 1.13 bits per heavy atom. The van der Waals surface area contributed by atoms with Crippen molar-refractivity contribution in [2.75, 3.05) is 19.0 Å². The molecule has 4 aromatic rings. The van der Waals surface area contributed by atoms with Gasteiger partial charge >= 0.3 is 29.6 Å². The molecule has 0 aliphatic rings. The molecule has 0 fully saturated rings. The van der Waals surface area contributed by atoms with Gasteiger partial charge < -0.3 is 14.8 Å². The van der Waals surface area contributed by atoms with E-state index < -0.39 is 17.6 Å². The number of benzene rings is 1. The summed E-state index contributed by atoms with van der Waals surface area (Å²) in [5.41, 5.74) is 1.43. The largest absolute Gasteiger partial charge is 1.00 e. The van der Waals surface area contributed by atoms with Crippen LogP contribution in [0, 0.1) is 18.6 Å². The van der Waals surface area contributed by atoms with Crippen molar-refractivity contribution < 1.29 is 48.2 Å². The average Bonchev–Trinajstić information content (AvgIpc) is 3.03. The number of pyridine rings is 1. The first-order valence-corrected chi connectivity index (χ1v) is 8.97. The van der Waals surface area contributed by atoms with E-state index in [9.17, 15) is 18.7 Å². The summed E-state index contributed by atoms with van der Waals surface area (Å²) in [4.78, 5) is 22.4. The number of nitrogens with zero attached hydrogens (tertiary/aromatic N) is 5. The Labute approximate surface area is 198 Å². The van der Waals surface area contributed by atoms with Gasteiger partial charge in [-0.05, 0) is 37.3 Å². The minimum Gasteiger partial charge on any atom is -0.543 e. The van der Waals surface area contributed by atoms with Crippen LogP contribution >= 0.6 is 0 Å². The number of aryl methyl sites for hydroxylation is 1. The van der Waals surface area contributed by atoms with E-state index in [2.05, 4.69) is 15.1 Å².